The third-order valence-corrected chi connectivity index (χ3v) is 6.65. The Labute approximate surface area is 203 Å². The fourth-order valence-corrected chi connectivity index (χ4v) is 5.16. The van der Waals surface area contributed by atoms with E-state index in [2.05, 4.69) is 49.9 Å². The van der Waals surface area contributed by atoms with Gasteiger partial charge in [-0.2, -0.15) is 0 Å². The van der Waals surface area contributed by atoms with Crippen molar-refractivity contribution in [1.82, 2.24) is 9.80 Å². The first-order valence-electron chi connectivity index (χ1n) is 12.3. The number of aryl methyl sites for hydroxylation is 1. The van der Waals surface area contributed by atoms with E-state index in [1.165, 1.54) is 11.1 Å². The molecule has 1 saturated heterocycles. The van der Waals surface area contributed by atoms with Crippen LogP contribution in [0.5, 0.6) is 0 Å². The van der Waals surface area contributed by atoms with Gasteiger partial charge in [0.15, 0.2) is 0 Å². The van der Waals surface area contributed by atoms with Crippen molar-refractivity contribution in [2.24, 2.45) is 11.8 Å². The van der Waals surface area contributed by atoms with Gasteiger partial charge in [-0.05, 0) is 54.2 Å². The number of benzene rings is 3. The van der Waals surface area contributed by atoms with E-state index in [0.717, 1.165) is 37.3 Å². The quantitative estimate of drug-likeness (QED) is 0.404. The van der Waals surface area contributed by atoms with Crippen LogP contribution in [0, 0.1) is 24.6 Å². The molecule has 4 heteroatoms. The predicted octanol–water partition coefficient (Wildman–Crippen LogP) is 6.15. The van der Waals surface area contributed by atoms with Gasteiger partial charge < -0.3 is 4.90 Å². The summed E-state index contributed by atoms with van der Waals surface area (Å²) in [6, 6.07) is 25.1. The first-order valence-corrected chi connectivity index (χ1v) is 12.3. The van der Waals surface area contributed by atoms with Crippen LogP contribution in [-0.4, -0.2) is 41.9 Å². The molecular weight excluding hydrogens is 423 g/mol. The van der Waals surface area contributed by atoms with Gasteiger partial charge in [0.2, 0.25) is 0 Å². The number of halogens is 1. The van der Waals surface area contributed by atoms with Crippen LogP contribution < -0.4 is 0 Å². The van der Waals surface area contributed by atoms with Crippen LogP contribution in [0.2, 0.25) is 0 Å². The van der Waals surface area contributed by atoms with Crippen LogP contribution in [0.3, 0.4) is 0 Å². The Kier molecular flexibility index (Phi) is 7.79. The van der Waals surface area contributed by atoms with E-state index in [9.17, 15) is 9.18 Å². The lowest BCUT2D eigenvalue weighted by Crippen LogP contribution is -2.39. The van der Waals surface area contributed by atoms with Gasteiger partial charge in [-0.1, -0.05) is 74.0 Å². The summed E-state index contributed by atoms with van der Waals surface area (Å²) in [6.07, 6.45) is 0. The maximum Gasteiger partial charge on any atom is 0.253 e. The number of carbonyl (C=O) groups excluding carboxylic acids is 1. The zero-order valence-electron chi connectivity index (χ0n) is 20.5. The minimum Gasteiger partial charge on any atom is -0.338 e. The topological polar surface area (TPSA) is 23.6 Å². The minimum atomic E-state index is -0.212. The lowest BCUT2D eigenvalue weighted by Gasteiger charge is -2.30. The molecule has 1 amide bonds. The fourth-order valence-electron chi connectivity index (χ4n) is 5.16. The summed E-state index contributed by atoms with van der Waals surface area (Å²) in [7, 11) is 0. The highest BCUT2D eigenvalue weighted by molar-refractivity contribution is 5.94. The molecule has 0 aliphatic carbocycles. The molecule has 0 unspecified atom stereocenters. The Hall–Kier alpha value is -2.98. The number of hydrogen-bond acceptors (Lipinski definition) is 2. The highest BCUT2D eigenvalue weighted by atomic mass is 19.1. The van der Waals surface area contributed by atoms with E-state index in [4.69, 9.17) is 0 Å². The molecule has 1 aliphatic heterocycles. The standard InChI is InChI=1S/C30H35FN2O/c1-22(2)17-33(30(34)26-10-5-4-6-11-26)20-27-19-32(18-24-9-7-8-23(3)16-24)21-29(27)25-12-14-28(31)15-13-25/h4-16,22,27,29H,17-21H2,1-3H3/t27-,29+/m1/s1. The molecule has 0 spiro atoms. The minimum absolute atomic E-state index is 0.0873. The Morgan fingerprint density at radius 3 is 2.41 bits per heavy atom. The molecule has 3 aromatic rings. The number of likely N-dealkylation sites (tertiary alicyclic amines) is 1. The number of rotatable bonds is 8. The maximum atomic E-state index is 13.7. The lowest BCUT2D eigenvalue weighted by molar-refractivity contribution is 0.0703. The Bertz CT molecular complexity index is 1080. The molecule has 0 radical (unpaired) electrons. The van der Waals surface area contributed by atoms with Gasteiger partial charge >= 0.3 is 0 Å². The van der Waals surface area contributed by atoms with Crippen LogP contribution >= 0.6 is 0 Å². The third-order valence-electron chi connectivity index (χ3n) is 6.65. The van der Waals surface area contributed by atoms with Crippen LogP contribution in [0.25, 0.3) is 0 Å². The summed E-state index contributed by atoms with van der Waals surface area (Å²) in [5, 5.41) is 0. The Morgan fingerprint density at radius 2 is 1.74 bits per heavy atom. The van der Waals surface area contributed by atoms with Gasteiger partial charge in [-0.3, -0.25) is 9.69 Å². The largest absolute Gasteiger partial charge is 0.338 e. The van der Waals surface area contributed by atoms with E-state index < -0.39 is 0 Å². The van der Waals surface area contributed by atoms with Crippen LogP contribution in [0.15, 0.2) is 78.9 Å². The van der Waals surface area contributed by atoms with E-state index >= 15 is 0 Å². The molecule has 34 heavy (non-hydrogen) atoms. The van der Waals surface area contributed by atoms with Gasteiger partial charge in [-0.15, -0.1) is 0 Å². The van der Waals surface area contributed by atoms with E-state index in [-0.39, 0.29) is 23.6 Å². The molecule has 0 bridgehead atoms. The first kappa shape index (κ1) is 24.2. The van der Waals surface area contributed by atoms with Gasteiger partial charge in [-0.25, -0.2) is 4.39 Å². The van der Waals surface area contributed by atoms with Crippen molar-refractivity contribution in [1.29, 1.82) is 0 Å². The average Bonchev–Trinajstić information content (AvgIpc) is 3.21. The van der Waals surface area contributed by atoms with Gasteiger partial charge in [0, 0.05) is 44.2 Å². The monoisotopic (exact) mass is 458 g/mol. The number of hydrogen-bond donors (Lipinski definition) is 0. The van der Waals surface area contributed by atoms with E-state index in [0.29, 0.717) is 12.5 Å². The second kappa shape index (κ2) is 11.0. The van der Waals surface area contributed by atoms with Crippen molar-refractivity contribution >= 4 is 5.91 Å². The molecule has 1 aliphatic rings. The second-order valence-corrected chi connectivity index (χ2v) is 10.1. The van der Waals surface area contributed by atoms with Crippen molar-refractivity contribution in [2.75, 3.05) is 26.2 Å². The van der Waals surface area contributed by atoms with Crippen molar-refractivity contribution < 1.29 is 9.18 Å². The third kappa shape index (κ3) is 6.12. The molecule has 0 aromatic heterocycles. The zero-order valence-corrected chi connectivity index (χ0v) is 20.5. The highest BCUT2D eigenvalue weighted by Crippen LogP contribution is 2.35. The van der Waals surface area contributed by atoms with Crippen LogP contribution in [-0.2, 0) is 6.54 Å². The van der Waals surface area contributed by atoms with Crippen molar-refractivity contribution in [3.63, 3.8) is 0 Å². The van der Waals surface area contributed by atoms with Crippen molar-refractivity contribution in [3.8, 4) is 0 Å². The molecule has 3 aromatic carbocycles. The Morgan fingerprint density at radius 1 is 1.00 bits per heavy atom. The molecule has 1 fully saturated rings. The van der Waals surface area contributed by atoms with Crippen molar-refractivity contribution in [2.45, 2.75) is 33.2 Å². The number of amides is 1. The van der Waals surface area contributed by atoms with Crippen LogP contribution in [0.4, 0.5) is 4.39 Å². The van der Waals surface area contributed by atoms with Gasteiger partial charge in [0.1, 0.15) is 5.82 Å². The SMILES string of the molecule is Cc1cccc(CN2C[C@H](CN(CC(C)C)C(=O)c3ccccc3)[C@H](c3ccc(F)cc3)C2)c1. The average molecular weight is 459 g/mol. The first-order chi connectivity index (χ1) is 16.4. The molecule has 3 nitrogen and oxygen atoms in total. The molecular formula is C30H35FN2O. The molecule has 178 valence electrons. The summed E-state index contributed by atoms with van der Waals surface area (Å²) in [5.74, 6) is 0.784. The maximum absolute atomic E-state index is 13.7. The summed E-state index contributed by atoms with van der Waals surface area (Å²) in [6.45, 7) is 10.5. The lowest BCUT2D eigenvalue weighted by atomic mass is 9.88. The number of nitrogens with zero attached hydrogens (tertiary/aromatic N) is 2. The summed E-state index contributed by atoms with van der Waals surface area (Å²) >= 11 is 0. The van der Waals surface area contributed by atoms with E-state index in [1.54, 1.807) is 12.1 Å². The van der Waals surface area contributed by atoms with Gasteiger partial charge in [0.25, 0.3) is 5.91 Å². The highest BCUT2D eigenvalue weighted by Gasteiger charge is 2.36. The molecule has 1 heterocycles. The molecule has 0 saturated carbocycles. The molecule has 2 atom stereocenters. The summed E-state index contributed by atoms with van der Waals surface area (Å²) in [4.78, 5) is 17.9. The Balaban J connectivity index is 1.58. The summed E-state index contributed by atoms with van der Waals surface area (Å²) in [5.41, 5.74) is 4.45. The van der Waals surface area contributed by atoms with Crippen molar-refractivity contribution in [3.05, 3.63) is 107 Å². The van der Waals surface area contributed by atoms with Gasteiger partial charge in [0.05, 0.1) is 0 Å². The molecule has 4 rings (SSSR count). The fraction of sp³-hybridized carbons (Fsp3) is 0.367. The second-order valence-electron chi connectivity index (χ2n) is 10.1. The summed E-state index contributed by atoms with van der Waals surface area (Å²) < 4.78 is 13.7. The zero-order chi connectivity index (χ0) is 24.1. The normalized spacial score (nSPS) is 18.4. The van der Waals surface area contributed by atoms with E-state index in [1.807, 2.05) is 47.4 Å². The molecule has 0 N–H and O–H groups in total. The number of carbonyl (C=O) groups is 1. The predicted molar refractivity (Wildman–Crippen MR) is 136 cm³/mol. The van der Waals surface area contributed by atoms with Crippen LogP contribution in [0.1, 0.15) is 46.8 Å². The smallest absolute Gasteiger partial charge is 0.253 e.